The van der Waals surface area contributed by atoms with Crippen molar-refractivity contribution in [1.82, 2.24) is 15.7 Å². The van der Waals surface area contributed by atoms with Gasteiger partial charge in [0.1, 0.15) is 6.10 Å². The third kappa shape index (κ3) is 5.12. The molecule has 2 aromatic carbocycles. The molecule has 3 amide bonds. The number of aliphatic hydroxyl groups is 2. The first-order valence-corrected chi connectivity index (χ1v) is 9.64. The second-order valence-corrected chi connectivity index (χ2v) is 7.10. The lowest BCUT2D eigenvalue weighted by Gasteiger charge is -2.34. The number of aliphatic hydroxyl groups excluding tert-OH is 2. The summed E-state index contributed by atoms with van der Waals surface area (Å²) >= 11 is 0. The van der Waals surface area contributed by atoms with E-state index in [1.54, 1.807) is 36.4 Å². The number of amides is 3. The molecule has 0 radical (unpaired) electrons. The number of hydrogen-bond donors (Lipinski definition) is 5. The Kier molecular flexibility index (Phi) is 8.09. The maximum Gasteiger partial charge on any atom is 0.278 e. The van der Waals surface area contributed by atoms with Gasteiger partial charge in [0.15, 0.2) is 5.54 Å². The molecule has 9 nitrogen and oxygen atoms in total. The van der Waals surface area contributed by atoms with Gasteiger partial charge in [-0.3, -0.25) is 19.6 Å². The van der Waals surface area contributed by atoms with E-state index in [1.165, 1.54) is 38.6 Å². The Hall–Kier alpha value is -3.71. The fourth-order valence-corrected chi connectivity index (χ4v) is 2.89. The van der Waals surface area contributed by atoms with Gasteiger partial charge in [-0.15, -0.1) is 0 Å². The molecule has 9 heteroatoms. The number of rotatable bonds is 6. The smallest absolute Gasteiger partial charge is 0.278 e. The highest BCUT2D eigenvalue weighted by molar-refractivity contribution is 6.12. The molecule has 0 aliphatic carbocycles. The zero-order valence-electron chi connectivity index (χ0n) is 17.9. The van der Waals surface area contributed by atoms with Crippen molar-refractivity contribution in [3.05, 3.63) is 70.8 Å². The number of hydrogen-bond acceptors (Lipinski definition) is 6. The van der Waals surface area contributed by atoms with Gasteiger partial charge in [0.05, 0.1) is 6.61 Å². The van der Waals surface area contributed by atoms with Crippen LogP contribution >= 0.6 is 0 Å². The van der Waals surface area contributed by atoms with Gasteiger partial charge in [0.25, 0.3) is 17.7 Å². The van der Waals surface area contributed by atoms with Crippen LogP contribution in [0.4, 0.5) is 0 Å². The Morgan fingerprint density at radius 3 is 1.94 bits per heavy atom. The molecule has 0 saturated carbocycles. The Labute approximate surface area is 185 Å². The molecule has 0 aromatic heterocycles. The second kappa shape index (κ2) is 10.5. The van der Waals surface area contributed by atoms with Gasteiger partial charge in [-0.05, 0) is 48.9 Å². The molecule has 0 heterocycles. The van der Waals surface area contributed by atoms with Gasteiger partial charge >= 0.3 is 0 Å². The third-order valence-electron chi connectivity index (χ3n) is 5.14. The second-order valence-electron chi connectivity index (χ2n) is 7.10. The fraction of sp³-hybridized carbons (Fsp3) is 0.261. The zero-order valence-corrected chi connectivity index (χ0v) is 17.9. The minimum Gasteiger partial charge on any atom is -0.393 e. The van der Waals surface area contributed by atoms with Crippen LogP contribution in [0.1, 0.15) is 40.1 Å². The number of likely N-dealkylation sites (N-methyl/N-ethyl adjacent to an activating group) is 2. The highest BCUT2D eigenvalue weighted by atomic mass is 16.5. The summed E-state index contributed by atoms with van der Waals surface area (Å²) < 4.78 is 0. The van der Waals surface area contributed by atoms with Crippen LogP contribution in [-0.4, -0.2) is 64.3 Å². The average Bonchev–Trinajstić information content (AvgIpc) is 2.85. The van der Waals surface area contributed by atoms with E-state index in [2.05, 4.69) is 17.2 Å². The average molecular weight is 439 g/mol. The predicted octanol–water partition coefficient (Wildman–Crippen LogP) is 0.194. The molecule has 0 aliphatic heterocycles. The van der Waals surface area contributed by atoms with E-state index >= 15 is 0 Å². The van der Waals surface area contributed by atoms with Crippen LogP contribution in [0.15, 0.2) is 48.5 Å². The summed E-state index contributed by atoms with van der Waals surface area (Å²) in [5.41, 5.74) is 1.61. The van der Waals surface area contributed by atoms with Gasteiger partial charge in [-0.1, -0.05) is 24.0 Å². The van der Waals surface area contributed by atoms with Crippen LogP contribution in [0.5, 0.6) is 0 Å². The number of carbonyl (C=O) groups excluding carboxylic acids is 3. The number of carbonyl (C=O) groups is 3. The van der Waals surface area contributed by atoms with Crippen molar-refractivity contribution < 1.29 is 29.8 Å². The summed E-state index contributed by atoms with van der Waals surface area (Å²) in [6.45, 7) is 0.859. The summed E-state index contributed by atoms with van der Waals surface area (Å²) in [4.78, 5) is 38.1. The van der Waals surface area contributed by atoms with Crippen molar-refractivity contribution >= 4 is 17.7 Å². The SMILES string of the molecule is CNC(=O)C(C)(C(=O)NO)N(C)C(=O)c1ccc(C#Cc2ccc([C@@H](O)CO)cc2)cc1. The van der Waals surface area contributed by atoms with E-state index < -0.39 is 29.4 Å². The minimum absolute atomic E-state index is 0.223. The van der Waals surface area contributed by atoms with Gasteiger partial charge in [-0.25, -0.2) is 5.48 Å². The quantitative estimate of drug-likeness (QED) is 0.189. The zero-order chi connectivity index (χ0) is 23.9. The molecule has 2 aromatic rings. The van der Waals surface area contributed by atoms with E-state index in [9.17, 15) is 19.5 Å². The molecule has 0 spiro atoms. The summed E-state index contributed by atoms with van der Waals surface area (Å²) in [6.07, 6.45) is -0.936. The Bertz CT molecular complexity index is 1020. The van der Waals surface area contributed by atoms with Crippen molar-refractivity contribution in [2.24, 2.45) is 0 Å². The monoisotopic (exact) mass is 439 g/mol. The van der Waals surface area contributed by atoms with Crippen LogP contribution < -0.4 is 10.8 Å². The molecule has 5 N–H and O–H groups in total. The normalized spacial score (nSPS) is 13.1. The lowest BCUT2D eigenvalue weighted by molar-refractivity contribution is -0.148. The predicted molar refractivity (Wildman–Crippen MR) is 115 cm³/mol. The van der Waals surface area contributed by atoms with Crippen LogP contribution in [0.2, 0.25) is 0 Å². The topological polar surface area (TPSA) is 139 Å². The summed E-state index contributed by atoms with van der Waals surface area (Å²) in [5.74, 6) is 3.51. The molecule has 1 unspecified atom stereocenters. The third-order valence-corrected chi connectivity index (χ3v) is 5.14. The van der Waals surface area contributed by atoms with Gasteiger partial charge < -0.3 is 20.4 Å². The molecule has 2 atom stereocenters. The standard InChI is InChI=1S/C23H25N3O6/c1-23(21(30)24-2,22(31)25-32)26(3)20(29)18-12-8-16(9-13-18)5-4-15-6-10-17(11-7-15)19(28)14-27/h6-13,19,27-28,32H,14H2,1-3H3,(H,24,30)(H,25,31)/t19-,23?/m0/s1. The molecule has 0 bridgehead atoms. The first-order chi connectivity index (χ1) is 15.2. The van der Waals surface area contributed by atoms with Crippen molar-refractivity contribution in [2.45, 2.75) is 18.6 Å². The van der Waals surface area contributed by atoms with Crippen molar-refractivity contribution in [3.63, 3.8) is 0 Å². The summed E-state index contributed by atoms with van der Waals surface area (Å²) in [6, 6.07) is 13.1. The minimum atomic E-state index is -1.96. The lowest BCUT2D eigenvalue weighted by atomic mass is 9.96. The van der Waals surface area contributed by atoms with E-state index in [0.29, 0.717) is 16.7 Å². The lowest BCUT2D eigenvalue weighted by Crippen LogP contribution is -2.64. The summed E-state index contributed by atoms with van der Waals surface area (Å²) in [5, 5.41) is 29.9. The van der Waals surface area contributed by atoms with Crippen LogP contribution in [0, 0.1) is 11.8 Å². The molecular formula is C23H25N3O6. The molecule has 0 aliphatic rings. The van der Waals surface area contributed by atoms with Crippen molar-refractivity contribution in [2.75, 3.05) is 20.7 Å². The molecule has 0 saturated heterocycles. The number of nitrogens with one attached hydrogen (secondary N) is 2. The Balaban J connectivity index is 2.20. The van der Waals surface area contributed by atoms with Crippen LogP contribution in [0.25, 0.3) is 0 Å². The van der Waals surface area contributed by atoms with E-state index in [-0.39, 0.29) is 12.2 Å². The summed E-state index contributed by atoms with van der Waals surface area (Å²) in [7, 11) is 2.61. The number of benzene rings is 2. The molecule has 168 valence electrons. The highest BCUT2D eigenvalue weighted by Crippen LogP contribution is 2.18. The highest BCUT2D eigenvalue weighted by Gasteiger charge is 2.47. The van der Waals surface area contributed by atoms with Gasteiger partial charge in [-0.2, -0.15) is 0 Å². The van der Waals surface area contributed by atoms with Gasteiger partial charge in [0.2, 0.25) is 0 Å². The number of nitrogens with zero attached hydrogens (tertiary/aromatic N) is 1. The Morgan fingerprint density at radius 2 is 1.50 bits per heavy atom. The Morgan fingerprint density at radius 1 is 1.00 bits per heavy atom. The van der Waals surface area contributed by atoms with Crippen LogP contribution in [-0.2, 0) is 9.59 Å². The largest absolute Gasteiger partial charge is 0.393 e. The van der Waals surface area contributed by atoms with Crippen LogP contribution in [0.3, 0.4) is 0 Å². The first-order valence-electron chi connectivity index (χ1n) is 9.64. The fourth-order valence-electron chi connectivity index (χ4n) is 2.89. The van der Waals surface area contributed by atoms with Gasteiger partial charge in [0, 0.05) is 30.8 Å². The van der Waals surface area contributed by atoms with E-state index in [1.807, 2.05) is 0 Å². The molecular weight excluding hydrogens is 414 g/mol. The maximum atomic E-state index is 12.8. The van der Waals surface area contributed by atoms with E-state index in [0.717, 1.165) is 4.90 Å². The molecule has 32 heavy (non-hydrogen) atoms. The molecule has 2 rings (SSSR count). The van der Waals surface area contributed by atoms with E-state index in [4.69, 9.17) is 10.3 Å². The molecule has 0 fully saturated rings. The maximum absolute atomic E-state index is 12.8. The number of hydroxylamine groups is 1. The van der Waals surface area contributed by atoms with Crippen molar-refractivity contribution in [1.29, 1.82) is 0 Å². The van der Waals surface area contributed by atoms with Crippen molar-refractivity contribution in [3.8, 4) is 11.8 Å². The first kappa shape index (κ1) is 24.6.